The van der Waals surface area contributed by atoms with Gasteiger partial charge in [-0.3, -0.25) is 4.90 Å². The Labute approximate surface area is 115 Å². The average molecular weight is 260 g/mol. The van der Waals surface area contributed by atoms with Crippen molar-refractivity contribution in [1.29, 1.82) is 0 Å². The Morgan fingerprint density at radius 3 is 3.05 bits per heavy atom. The van der Waals surface area contributed by atoms with Crippen molar-refractivity contribution in [2.24, 2.45) is 11.8 Å². The first kappa shape index (κ1) is 12.0. The molecule has 1 N–H and O–H groups in total. The second-order valence-electron chi connectivity index (χ2n) is 6.78. The van der Waals surface area contributed by atoms with Gasteiger partial charge in [0.25, 0.3) is 0 Å². The van der Waals surface area contributed by atoms with Crippen molar-refractivity contribution in [2.45, 2.75) is 44.7 Å². The van der Waals surface area contributed by atoms with E-state index in [1.165, 1.54) is 44.7 Å². The largest absolute Gasteiger partial charge is 0.464 e. The van der Waals surface area contributed by atoms with E-state index in [0.29, 0.717) is 5.92 Å². The van der Waals surface area contributed by atoms with Crippen LogP contribution in [0.4, 0.5) is 0 Å². The number of likely N-dealkylation sites (tertiary alicyclic amines) is 1. The molecule has 19 heavy (non-hydrogen) atoms. The lowest BCUT2D eigenvalue weighted by atomic mass is 9.94. The van der Waals surface area contributed by atoms with Crippen LogP contribution in [0.25, 0.3) is 0 Å². The first-order chi connectivity index (χ1) is 9.29. The van der Waals surface area contributed by atoms with E-state index in [-0.39, 0.29) is 0 Å². The topological polar surface area (TPSA) is 28.4 Å². The van der Waals surface area contributed by atoms with Gasteiger partial charge in [0.05, 0.1) is 6.54 Å². The van der Waals surface area contributed by atoms with Gasteiger partial charge in [0.15, 0.2) is 0 Å². The van der Waals surface area contributed by atoms with Gasteiger partial charge in [0.2, 0.25) is 0 Å². The summed E-state index contributed by atoms with van der Waals surface area (Å²) in [7, 11) is 0. The summed E-state index contributed by atoms with van der Waals surface area (Å²) in [6, 6.07) is 5.12. The van der Waals surface area contributed by atoms with Crippen molar-refractivity contribution in [3.8, 4) is 0 Å². The molecule has 2 saturated heterocycles. The zero-order valence-corrected chi connectivity index (χ0v) is 11.8. The van der Waals surface area contributed by atoms with E-state index >= 15 is 0 Å². The van der Waals surface area contributed by atoms with E-state index in [1.54, 1.807) is 0 Å². The zero-order valence-electron chi connectivity index (χ0n) is 11.8. The molecule has 0 bridgehead atoms. The first-order valence-corrected chi connectivity index (χ1v) is 7.84. The van der Waals surface area contributed by atoms with Gasteiger partial charge >= 0.3 is 0 Å². The number of piperidine rings is 1. The fraction of sp³-hybridized carbons (Fsp3) is 0.750. The number of nitrogens with zero attached hydrogens (tertiary/aromatic N) is 1. The van der Waals surface area contributed by atoms with Gasteiger partial charge in [0.1, 0.15) is 11.5 Å². The van der Waals surface area contributed by atoms with Crippen molar-refractivity contribution in [1.82, 2.24) is 10.2 Å². The van der Waals surface area contributed by atoms with Crippen LogP contribution in [0.15, 0.2) is 16.5 Å². The molecular weight excluding hydrogens is 236 g/mol. The maximum Gasteiger partial charge on any atom is 0.118 e. The Bertz CT molecular complexity index is 441. The fourth-order valence-corrected chi connectivity index (χ4v) is 3.88. The van der Waals surface area contributed by atoms with E-state index in [0.717, 1.165) is 30.2 Å². The van der Waals surface area contributed by atoms with Gasteiger partial charge in [-0.1, -0.05) is 6.92 Å². The van der Waals surface area contributed by atoms with Crippen molar-refractivity contribution >= 4 is 0 Å². The number of hydrogen-bond acceptors (Lipinski definition) is 3. The predicted octanol–water partition coefficient (Wildman–Crippen LogP) is 2.59. The van der Waals surface area contributed by atoms with Crippen LogP contribution in [0.1, 0.15) is 43.6 Å². The molecule has 3 nitrogen and oxygen atoms in total. The molecule has 3 heteroatoms. The minimum absolute atomic E-state index is 0.705. The summed E-state index contributed by atoms with van der Waals surface area (Å²) in [5.41, 5.74) is 0. The summed E-state index contributed by atoms with van der Waals surface area (Å²) >= 11 is 0. The number of furan rings is 1. The van der Waals surface area contributed by atoms with Gasteiger partial charge in [-0.25, -0.2) is 0 Å². The summed E-state index contributed by atoms with van der Waals surface area (Å²) in [4.78, 5) is 2.56. The van der Waals surface area contributed by atoms with E-state index in [1.807, 2.05) is 0 Å². The second-order valence-corrected chi connectivity index (χ2v) is 6.78. The van der Waals surface area contributed by atoms with Crippen LogP contribution in [0.5, 0.6) is 0 Å². The Hall–Kier alpha value is -0.800. The molecule has 4 atom stereocenters. The summed E-state index contributed by atoms with van der Waals surface area (Å²) in [5.74, 6) is 4.78. The number of nitrogens with one attached hydrogen (secondary N) is 1. The van der Waals surface area contributed by atoms with Crippen LogP contribution in [0, 0.1) is 11.8 Å². The highest BCUT2D eigenvalue weighted by molar-refractivity contribution is 5.17. The molecule has 0 spiro atoms. The molecular formula is C16H24N2O. The summed E-state index contributed by atoms with van der Waals surface area (Å²) in [6.07, 6.45) is 4.06. The minimum Gasteiger partial charge on any atom is -0.464 e. The van der Waals surface area contributed by atoms with Crippen LogP contribution in [0.2, 0.25) is 0 Å². The molecule has 4 rings (SSSR count). The quantitative estimate of drug-likeness (QED) is 0.905. The monoisotopic (exact) mass is 260 g/mol. The Kier molecular flexibility index (Phi) is 2.92. The van der Waals surface area contributed by atoms with Crippen LogP contribution in [-0.4, -0.2) is 30.6 Å². The molecule has 2 unspecified atom stereocenters. The highest BCUT2D eigenvalue weighted by Crippen LogP contribution is 2.47. The van der Waals surface area contributed by atoms with E-state index < -0.39 is 0 Å². The molecule has 3 aliphatic rings. The molecule has 1 aromatic rings. The number of rotatable bonds is 3. The maximum atomic E-state index is 6.03. The SMILES string of the molecule is CC1CC1c1ccc(CN2C[C@@H]3CCCN[C@@H]3C2)o1. The fourth-order valence-electron chi connectivity index (χ4n) is 3.88. The smallest absolute Gasteiger partial charge is 0.118 e. The maximum absolute atomic E-state index is 6.03. The number of hydrogen-bond donors (Lipinski definition) is 1. The van der Waals surface area contributed by atoms with Crippen LogP contribution >= 0.6 is 0 Å². The van der Waals surface area contributed by atoms with Gasteiger partial charge < -0.3 is 9.73 Å². The lowest BCUT2D eigenvalue weighted by Crippen LogP contribution is -2.40. The van der Waals surface area contributed by atoms with Gasteiger partial charge in [-0.15, -0.1) is 0 Å². The molecule has 2 aliphatic heterocycles. The van der Waals surface area contributed by atoms with Crippen molar-refractivity contribution in [2.75, 3.05) is 19.6 Å². The van der Waals surface area contributed by atoms with Gasteiger partial charge in [-0.05, 0) is 49.8 Å². The average Bonchev–Trinajstić information content (AvgIpc) is 2.85. The van der Waals surface area contributed by atoms with Crippen molar-refractivity contribution < 1.29 is 4.42 Å². The molecule has 0 amide bonds. The van der Waals surface area contributed by atoms with Crippen LogP contribution in [-0.2, 0) is 6.54 Å². The van der Waals surface area contributed by atoms with Crippen molar-refractivity contribution in [3.05, 3.63) is 23.7 Å². The second kappa shape index (κ2) is 4.64. The van der Waals surface area contributed by atoms with Crippen LogP contribution in [0.3, 0.4) is 0 Å². The lowest BCUT2D eigenvalue weighted by Gasteiger charge is -2.24. The summed E-state index contributed by atoms with van der Waals surface area (Å²) < 4.78 is 6.03. The molecule has 3 fully saturated rings. The van der Waals surface area contributed by atoms with E-state index in [9.17, 15) is 0 Å². The third-order valence-electron chi connectivity index (χ3n) is 5.21. The zero-order chi connectivity index (χ0) is 12.8. The Morgan fingerprint density at radius 2 is 2.26 bits per heavy atom. The minimum atomic E-state index is 0.705. The lowest BCUT2D eigenvalue weighted by molar-refractivity contribution is 0.280. The normalized spacial score (nSPS) is 38.4. The Morgan fingerprint density at radius 1 is 1.37 bits per heavy atom. The van der Waals surface area contributed by atoms with Gasteiger partial charge in [-0.2, -0.15) is 0 Å². The highest BCUT2D eigenvalue weighted by Gasteiger charge is 2.37. The standard InChI is InChI=1S/C16H24N2O/c1-11-7-14(11)16-5-4-13(19-16)9-18-8-12-3-2-6-17-15(12)10-18/h4-5,11-12,14-15,17H,2-3,6-10H2,1H3/t11?,12-,14?,15+/m0/s1. The third-order valence-corrected chi connectivity index (χ3v) is 5.21. The highest BCUT2D eigenvalue weighted by atomic mass is 16.3. The van der Waals surface area contributed by atoms with Crippen molar-refractivity contribution in [3.63, 3.8) is 0 Å². The molecule has 1 aliphatic carbocycles. The van der Waals surface area contributed by atoms with Gasteiger partial charge in [0, 0.05) is 25.0 Å². The van der Waals surface area contributed by atoms with Crippen LogP contribution < -0.4 is 5.32 Å². The molecule has 1 saturated carbocycles. The molecule has 1 aromatic heterocycles. The molecule has 0 radical (unpaired) electrons. The summed E-state index contributed by atoms with van der Waals surface area (Å²) in [6.45, 7) is 6.95. The van der Waals surface area contributed by atoms with E-state index in [4.69, 9.17) is 4.42 Å². The molecule has 0 aromatic carbocycles. The van der Waals surface area contributed by atoms with E-state index in [2.05, 4.69) is 29.3 Å². The summed E-state index contributed by atoms with van der Waals surface area (Å²) in [5, 5.41) is 3.66. The molecule has 104 valence electrons. The predicted molar refractivity (Wildman–Crippen MR) is 75.0 cm³/mol. The Balaban J connectivity index is 1.38. The molecule has 3 heterocycles. The third kappa shape index (κ3) is 2.34. The first-order valence-electron chi connectivity index (χ1n) is 7.84. The number of fused-ring (bicyclic) bond motifs is 1.